The van der Waals surface area contributed by atoms with Gasteiger partial charge in [0.05, 0.1) is 17.6 Å². The molecule has 1 aliphatic heterocycles. The summed E-state index contributed by atoms with van der Waals surface area (Å²) in [5.74, 6) is 0.112. The largest absolute Gasteiger partial charge is 0.384 e. The quantitative estimate of drug-likeness (QED) is 0.716. The Morgan fingerprint density at radius 2 is 1.84 bits per heavy atom. The monoisotopic (exact) mass is 426 g/mol. The highest BCUT2D eigenvalue weighted by atomic mass is 16.1. The molecule has 164 valence electrons. The summed E-state index contributed by atoms with van der Waals surface area (Å²) < 4.78 is 0. The Morgan fingerprint density at radius 1 is 1.12 bits per heavy atom. The number of carbonyl (C=O) groups is 1. The van der Waals surface area contributed by atoms with Gasteiger partial charge in [-0.3, -0.25) is 9.69 Å². The number of rotatable bonds is 5. The van der Waals surface area contributed by atoms with Gasteiger partial charge in [0.15, 0.2) is 5.78 Å². The minimum Gasteiger partial charge on any atom is -0.384 e. The molecule has 1 atom stereocenters. The Labute approximate surface area is 190 Å². The van der Waals surface area contributed by atoms with Crippen molar-refractivity contribution in [2.75, 3.05) is 22.9 Å². The summed E-state index contributed by atoms with van der Waals surface area (Å²) in [6.45, 7) is 8.14. The second-order valence-corrected chi connectivity index (χ2v) is 8.42. The van der Waals surface area contributed by atoms with E-state index in [9.17, 15) is 10.1 Å². The fraction of sp³-hybridized carbons (Fsp3) is 0.333. The van der Waals surface area contributed by atoms with Gasteiger partial charge in [0.25, 0.3) is 0 Å². The van der Waals surface area contributed by atoms with Crippen LogP contribution >= 0.6 is 0 Å². The molecule has 0 fully saturated rings. The standard InChI is InChI=1S/C27H30N4O/c1-4-30(5-2)20-14-12-19(13-15-20)25-22(17-28)27(29)31(21-9-6-8-18(3)16-21)23-10-7-11-24(32)26(23)25/h6,8-9,12-16,25H,4-5,7,10-11,29H2,1-3H3/t25-/m1/s1. The van der Waals surface area contributed by atoms with Crippen molar-refractivity contribution in [1.82, 2.24) is 0 Å². The van der Waals surface area contributed by atoms with E-state index < -0.39 is 5.92 Å². The lowest BCUT2D eigenvalue weighted by Gasteiger charge is -2.39. The van der Waals surface area contributed by atoms with Crippen LogP contribution in [0.15, 0.2) is 71.2 Å². The molecule has 2 N–H and O–H groups in total. The number of hydrogen-bond acceptors (Lipinski definition) is 5. The molecule has 32 heavy (non-hydrogen) atoms. The first-order valence-electron chi connectivity index (χ1n) is 11.4. The molecular formula is C27H30N4O. The maximum absolute atomic E-state index is 13.2. The molecule has 0 unspecified atom stereocenters. The maximum atomic E-state index is 13.2. The zero-order valence-corrected chi connectivity index (χ0v) is 19.1. The van der Waals surface area contributed by atoms with Gasteiger partial charge < -0.3 is 10.6 Å². The molecule has 4 rings (SSSR count). The molecule has 0 spiro atoms. The highest BCUT2D eigenvalue weighted by Crippen LogP contribution is 2.46. The molecule has 0 radical (unpaired) electrons. The minimum atomic E-state index is -0.422. The first-order valence-corrected chi connectivity index (χ1v) is 11.4. The summed E-state index contributed by atoms with van der Waals surface area (Å²) in [6, 6.07) is 18.6. The number of nitrogens with zero attached hydrogens (tertiary/aromatic N) is 3. The zero-order chi connectivity index (χ0) is 22.8. The molecule has 0 saturated carbocycles. The Morgan fingerprint density at radius 3 is 2.47 bits per heavy atom. The van der Waals surface area contributed by atoms with E-state index in [1.165, 1.54) is 0 Å². The average Bonchev–Trinajstić information content (AvgIpc) is 2.80. The number of carbonyl (C=O) groups excluding carboxylic acids is 1. The average molecular weight is 427 g/mol. The van der Waals surface area contributed by atoms with Gasteiger partial charge in [-0.1, -0.05) is 24.3 Å². The van der Waals surface area contributed by atoms with E-state index >= 15 is 0 Å². The highest BCUT2D eigenvalue weighted by molar-refractivity contribution is 6.01. The van der Waals surface area contributed by atoms with Crippen LogP contribution in [0.3, 0.4) is 0 Å². The van der Waals surface area contributed by atoms with E-state index in [0.29, 0.717) is 17.8 Å². The summed E-state index contributed by atoms with van der Waals surface area (Å²) in [6.07, 6.45) is 2.07. The van der Waals surface area contributed by atoms with Crippen molar-refractivity contribution in [3.63, 3.8) is 0 Å². The highest BCUT2D eigenvalue weighted by Gasteiger charge is 2.40. The number of Topliss-reactive ketones (excluding diaryl/α,β-unsaturated/α-hetero) is 1. The Hall–Kier alpha value is -3.52. The lowest BCUT2D eigenvalue weighted by molar-refractivity contribution is -0.116. The summed E-state index contributed by atoms with van der Waals surface area (Å²) in [5, 5.41) is 10.2. The molecule has 5 nitrogen and oxygen atoms in total. The van der Waals surface area contributed by atoms with Gasteiger partial charge in [0, 0.05) is 42.2 Å². The molecule has 0 aromatic heterocycles. The number of nitrogens with two attached hydrogens (primary N) is 1. The van der Waals surface area contributed by atoms with E-state index in [1.807, 2.05) is 48.2 Å². The molecule has 1 heterocycles. The van der Waals surface area contributed by atoms with Gasteiger partial charge in [0.1, 0.15) is 5.82 Å². The van der Waals surface area contributed by atoms with Crippen LogP contribution < -0.4 is 15.5 Å². The van der Waals surface area contributed by atoms with Crippen molar-refractivity contribution in [2.45, 2.75) is 46.0 Å². The molecule has 1 aliphatic carbocycles. The third-order valence-corrected chi connectivity index (χ3v) is 6.53. The Balaban J connectivity index is 1.87. The van der Waals surface area contributed by atoms with Crippen molar-refractivity contribution in [3.8, 4) is 6.07 Å². The third-order valence-electron chi connectivity index (χ3n) is 6.53. The van der Waals surface area contributed by atoms with Gasteiger partial charge in [-0.2, -0.15) is 5.26 Å². The summed E-state index contributed by atoms with van der Waals surface area (Å²) >= 11 is 0. The lowest BCUT2D eigenvalue weighted by Crippen LogP contribution is -2.38. The normalized spacial score (nSPS) is 18.5. The fourth-order valence-electron chi connectivity index (χ4n) is 4.95. The number of ketones is 1. The number of nitriles is 1. The first kappa shape index (κ1) is 21.7. The van der Waals surface area contributed by atoms with Gasteiger partial charge >= 0.3 is 0 Å². The van der Waals surface area contributed by atoms with Crippen molar-refractivity contribution in [1.29, 1.82) is 5.26 Å². The SMILES string of the molecule is CCN(CC)c1ccc([C@@H]2C(C#N)=C(N)N(c3cccc(C)c3)C3=C2C(=O)CCC3)cc1. The van der Waals surface area contributed by atoms with Crippen molar-refractivity contribution >= 4 is 17.2 Å². The Bertz CT molecular complexity index is 1130. The van der Waals surface area contributed by atoms with E-state index in [4.69, 9.17) is 5.73 Å². The van der Waals surface area contributed by atoms with E-state index in [2.05, 4.69) is 36.9 Å². The van der Waals surface area contributed by atoms with E-state index in [1.54, 1.807) is 0 Å². The fourth-order valence-corrected chi connectivity index (χ4v) is 4.95. The number of aryl methyl sites for hydroxylation is 1. The molecule has 2 aromatic rings. The van der Waals surface area contributed by atoms with E-state index in [0.717, 1.165) is 59.7 Å². The summed E-state index contributed by atoms with van der Waals surface area (Å²) in [4.78, 5) is 17.4. The predicted molar refractivity (Wildman–Crippen MR) is 129 cm³/mol. The number of hydrogen-bond donors (Lipinski definition) is 1. The number of allylic oxidation sites excluding steroid dienone is 3. The Kier molecular flexibility index (Phi) is 6.05. The number of benzene rings is 2. The smallest absolute Gasteiger partial charge is 0.161 e. The van der Waals surface area contributed by atoms with Crippen LogP contribution in [0.25, 0.3) is 0 Å². The van der Waals surface area contributed by atoms with Gasteiger partial charge in [0.2, 0.25) is 0 Å². The van der Waals surface area contributed by atoms with Crippen molar-refractivity contribution < 1.29 is 4.79 Å². The third kappa shape index (κ3) is 3.67. The topological polar surface area (TPSA) is 73.4 Å². The molecule has 5 heteroatoms. The minimum absolute atomic E-state index is 0.113. The zero-order valence-electron chi connectivity index (χ0n) is 19.1. The van der Waals surface area contributed by atoms with Gasteiger partial charge in [-0.25, -0.2) is 0 Å². The lowest BCUT2D eigenvalue weighted by atomic mass is 9.75. The summed E-state index contributed by atoms with van der Waals surface area (Å²) in [7, 11) is 0. The molecule has 2 aromatic carbocycles. The van der Waals surface area contributed by atoms with Crippen LogP contribution in [0.1, 0.15) is 50.2 Å². The second-order valence-electron chi connectivity index (χ2n) is 8.42. The summed E-state index contributed by atoms with van der Waals surface area (Å²) in [5.41, 5.74) is 12.8. The molecule has 0 bridgehead atoms. The van der Waals surface area contributed by atoms with Crippen LogP contribution in [0.4, 0.5) is 11.4 Å². The maximum Gasteiger partial charge on any atom is 0.161 e. The van der Waals surface area contributed by atoms with E-state index in [-0.39, 0.29) is 5.78 Å². The molecule has 2 aliphatic rings. The molecular weight excluding hydrogens is 396 g/mol. The second kappa shape index (κ2) is 8.92. The number of anilines is 2. The van der Waals surface area contributed by atoms with Crippen LogP contribution in [-0.4, -0.2) is 18.9 Å². The van der Waals surface area contributed by atoms with Crippen LogP contribution in [-0.2, 0) is 4.79 Å². The molecule has 0 saturated heterocycles. The van der Waals surface area contributed by atoms with Gasteiger partial charge in [-0.05, 0) is 69.0 Å². The molecule has 0 amide bonds. The van der Waals surface area contributed by atoms with Crippen LogP contribution in [0.5, 0.6) is 0 Å². The van der Waals surface area contributed by atoms with Crippen molar-refractivity contribution in [2.24, 2.45) is 5.73 Å². The van der Waals surface area contributed by atoms with Crippen molar-refractivity contribution in [3.05, 3.63) is 82.3 Å². The van der Waals surface area contributed by atoms with Gasteiger partial charge in [-0.15, -0.1) is 0 Å². The van der Waals surface area contributed by atoms with Crippen LogP contribution in [0.2, 0.25) is 0 Å². The first-order chi connectivity index (χ1) is 15.5. The van der Waals surface area contributed by atoms with Crippen LogP contribution in [0, 0.1) is 18.3 Å². The predicted octanol–water partition coefficient (Wildman–Crippen LogP) is 5.15.